The van der Waals surface area contributed by atoms with Gasteiger partial charge in [0.2, 0.25) is 0 Å². The molecule has 0 aromatic heterocycles. The van der Waals surface area contributed by atoms with Gasteiger partial charge in [0, 0.05) is 11.1 Å². The maximum Gasteiger partial charge on any atom is 0.323 e. The molecule has 1 aliphatic heterocycles. The number of benzodiazepines with no additional fused rings is 1. The first-order valence-corrected chi connectivity index (χ1v) is 9.27. The fraction of sp³-hybridized carbons (Fsp3) is 0.286. The summed E-state index contributed by atoms with van der Waals surface area (Å²) >= 11 is 6.43. The molecule has 0 saturated heterocycles. The van der Waals surface area contributed by atoms with Crippen LogP contribution in [0.4, 0.5) is 5.69 Å². The number of carbonyl (C=O) groups is 2. The number of carbonyl (C=O) groups excluding carboxylic acids is 1. The van der Waals surface area contributed by atoms with Crippen molar-refractivity contribution in [2.75, 3.05) is 11.4 Å². The normalized spacial score (nSPS) is 17.7. The molecular formula is C21H21ClN2O3. The number of aliphatic carboxylic acids is 1. The molecule has 3 rings (SSSR count). The molecule has 0 spiro atoms. The highest BCUT2D eigenvalue weighted by atomic mass is 35.5. The van der Waals surface area contributed by atoms with Crippen LogP contribution in [-0.4, -0.2) is 35.3 Å². The summed E-state index contributed by atoms with van der Waals surface area (Å²) < 4.78 is 0. The highest BCUT2D eigenvalue weighted by molar-refractivity contribution is 6.36. The van der Waals surface area contributed by atoms with Crippen LogP contribution in [0.2, 0.25) is 5.02 Å². The van der Waals surface area contributed by atoms with Gasteiger partial charge in [-0.25, -0.2) is 0 Å². The number of aliphatic imine (C=N–C) groups is 1. The molecule has 0 saturated carbocycles. The molecule has 2 aromatic rings. The van der Waals surface area contributed by atoms with Gasteiger partial charge < -0.3 is 5.11 Å². The maximum absolute atomic E-state index is 13.3. The second-order valence-electron chi connectivity index (χ2n) is 6.63. The number of nitrogens with zero attached hydrogens (tertiary/aromatic N) is 2. The third-order valence-corrected chi connectivity index (χ3v) is 5.13. The van der Waals surface area contributed by atoms with E-state index in [2.05, 4.69) is 0 Å². The van der Waals surface area contributed by atoms with Gasteiger partial charge in [-0.2, -0.15) is 0 Å². The van der Waals surface area contributed by atoms with Gasteiger partial charge in [0.25, 0.3) is 5.91 Å². The van der Waals surface area contributed by atoms with E-state index in [1.165, 1.54) is 4.90 Å². The maximum atomic E-state index is 13.3. The monoisotopic (exact) mass is 384 g/mol. The molecule has 0 fully saturated rings. The van der Waals surface area contributed by atoms with Gasteiger partial charge in [0.15, 0.2) is 0 Å². The lowest BCUT2D eigenvalue weighted by Gasteiger charge is -2.26. The van der Waals surface area contributed by atoms with Gasteiger partial charge in [0.1, 0.15) is 12.6 Å². The van der Waals surface area contributed by atoms with Gasteiger partial charge in [-0.3, -0.25) is 19.5 Å². The minimum absolute atomic E-state index is 0.0411. The SMILES string of the molecule is CC[C@H](C)[C@@H]1N=C(c2ccccc2)c2cccc(Cl)c2N(CC(=O)O)C1=O. The first-order chi connectivity index (χ1) is 12.9. The van der Waals surface area contributed by atoms with Crippen molar-refractivity contribution in [1.29, 1.82) is 0 Å². The van der Waals surface area contributed by atoms with Crippen molar-refractivity contribution in [1.82, 2.24) is 0 Å². The van der Waals surface area contributed by atoms with Crippen LogP contribution in [0.1, 0.15) is 31.4 Å². The summed E-state index contributed by atoms with van der Waals surface area (Å²) in [5.74, 6) is -1.48. The van der Waals surface area contributed by atoms with E-state index in [0.717, 1.165) is 12.0 Å². The van der Waals surface area contributed by atoms with Crippen LogP contribution >= 0.6 is 11.6 Å². The van der Waals surface area contributed by atoms with Crippen LogP contribution in [0, 0.1) is 5.92 Å². The van der Waals surface area contributed by atoms with Crippen LogP contribution in [0.25, 0.3) is 0 Å². The number of hydrogen-bond acceptors (Lipinski definition) is 3. The van der Waals surface area contributed by atoms with E-state index in [1.54, 1.807) is 12.1 Å². The molecule has 0 unspecified atom stereocenters. The number of hydrogen-bond donors (Lipinski definition) is 1. The Morgan fingerprint density at radius 2 is 1.93 bits per heavy atom. The van der Waals surface area contributed by atoms with Crippen molar-refractivity contribution in [3.05, 3.63) is 64.7 Å². The van der Waals surface area contributed by atoms with E-state index >= 15 is 0 Å². The lowest BCUT2D eigenvalue weighted by Crippen LogP contribution is -2.43. The summed E-state index contributed by atoms with van der Waals surface area (Å²) in [6.07, 6.45) is 0.743. The molecule has 5 nitrogen and oxygen atoms in total. The Balaban J connectivity index is 2.29. The van der Waals surface area contributed by atoms with E-state index in [4.69, 9.17) is 16.6 Å². The average Bonchev–Trinajstić information content (AvgIpc) is 2.78. The Morgan fingerprint density at radius 1 is 1.22 bits per heavy atom. The summed E-state index contributed by atoms with van der Waals surface area (Å²) in [6, 6.07) is 14.2. The van der Waals surface area contributed by atoms with E-state index in [1.807, 2.05) is 50.2 Å². The van der Waals surface area contributed by atoms with Gasteiger partial charge in [-0.1, -0.05) is 74.3 Å². The molecule has 1 amide bonds. The molecule has 0 bridgehead atoms. The minimum atomic E-state index is -1.10. The Hall–Kier alpha value is -2.66. The first kappa shape index (κ1) is 19.1. The standard InChI is InChI=1S/C21H21ClN2O3/c1-3-13(2)18-21(27)24(12-17(25)26)20-15(10-7-11-16(20)22)19(23-18)14-8-5-4-6-9-14/h4-11,13,18H,3,12H2,1-2H3,(H,25,26)/t13-,18-/m0/s1. The Labute approximate surface area is 163 Å². The largest absolute Gasteiger partial charge is 0.480 e. The Kier molecular flexibility index (Phi) is 5.61. The zero-order valence-electron chi connectivity index (χ0n) is 15.2. The second kappa shape index (κ2) is 7.92. The first-order valence-electron chi connectivity index (χ1n) is 8.89. The lowest BCUT2D eigenvalue weighted by molar-refractivity contribution is -0.136. The smallest absolute Gasteiger partial charge is 0.323 e. The van der Waals surface area contributed by atoms with E-state index in [-0.39, 0.29) is 11.8 Å². The van der Waals surface area contributed by atoms with Crippen molar-refractivity contribution in [2.24, 2.45) is 10.9 Å². The molecule has 27 heavy (non-hydrogen) atoms. The molecule has 2 atom stereocenters. The predicted octanol–water partition coefficient (Wildman–Crippen LogP) is 4.02. The number of fused-ring (bicyclic) bond motifs is 1. The number of benzene rings is 2. The van der Waals surface area contributed by atoms with Crippen LogP contribution in [0.5, 0.6) is 0 Å². The quantitative estimate of drug-likeness (QED) is 0.846. The number of halogens is 1. The number of para-hydroxylation sites is 1. The topological polar surface area (TPSA) is 70.0 Å². The molecular weight excluding hydrogens is 364 g/mol. The molecule has 0 radical (unpaired) electrons. The van der Waals surface area contributed by atoms with Crippen molar-refractivity contribution in [2.45, 2.75) is 26.3 Å². The average molecular weight is 385 g/mol. The minimum Gasteiger partial charge on any atom is -0.480 e. The summed E-state index contributed by atoms with van der Waals surface area (Å²) in [6.45, 7) is 3.48. The summed E-state index contributed by atoms with van der Waals surface area (Å²) in [7, 11) is 0. The summed E-state index contributed by atoms with van der Waals surface area (Å²) in [4.78, 5) is 30.8. The third kappa shape index (κ3) is 3.74. The fourth-order valence-electron chi connectivity index (χ4n) is 3.23. The molecule has 1 heterocycles. The van der Waals surface area contributed by atoms with Gasteiger partial charge in [-0.15, -0.1) is 0 Å². The van der Waals surface area contributed by atoms with Crippen molar-refractivity contribution in [3.63, 3.8) is 0 Å². The van der Waals surface area contributed by atoms with Gasteiger partial charge in [-0.05, 0) is 12.0 Å². The zero-order chi connectivity index (χ0) is 19.6. The van der Waals surface area contributed by atoms with E-state index < -0.39 is 18.6 Å². The molecule has 140 valence electrons. The molecule has 1 aliphatic rings. The number of rotatable bonds is 5. The number of carboxylic acid groups (broad SMARTS) is 1. The zero-order valence-corrected chi connectivity index (χ0v) is 16.0. The second-order valence-corrected chi connectivity index (χ2v) is 7.04. The number of amides is 1. The fourth-order valence-corrected chi connectivity index (χ4v) is 3.50. The van der Waals surface area contributed by atoms with Gasteiger partial charge in [0.05, 0.1) is 16.4 Å². The van der Waals surface area contributed by atoms with Crippen LogP contribution < -0.4 is 4.90 Å². The van der Waals surface area contributed by atoms with Crippen molar-refractivity contribution >= 4 is 34.9 Å². The van der Waals surface area contributed by atoms with Crippen LogP contribution in [0.3, 0.4) is 0 Å². The van der Waals surface area contributed by atoms with E-state index in [9.17, 15) is 14.7 Å². The highest BCUT2D eigenvalue weighted by Crippen LogP contribution is 2.36. The third-order valence-electron chi connectivity index (χ3n) is 4.82. The lowest BCUT2D eigenvalue weighted by atomic mass is 9.98. The van der Waals surface area contributed by atoms with Crippen LogP contribution in [-0.2, 0) is 9.59 Å². The molecule has 2 aromatic carbocycles. The summed E-state index contributed by atoms with van der Waals surface area (Å²) in [5, 5.41) is 9.71. The molecule has 0 aliphatic carbocycles. The van der Waals surface area contributed by atoms with Crippen molar-refractivity contribution in [3.8, 4) is 0 Å². The summed E-state index contributed by atoms with van der Waals surface area (Å²) in [5.41, 5.74) is 2.58. The number of carboxylic acids is 1. The van der Waals surface area contributed by atoms with Gasteiger partial charge >= 0.3 is 5.97 Å². The number of anilines is 1. The predicted molar refractivity (Wildman–Crippen MR) is 107 cm³/mol. The van der Waals surface area contributed by atoms with Crippen molar-refractivity contribution < 1.29 is 14.7 Å². The molecule has 6 heteroatoms. The van der Waals surface area contributed by atoms with E-state index in [0.29, 0.717) is 22.0 Å². The Bertz CT molecular complexity index is 896. The highest BCUT2D eigenvalue weighted by Gasteiger charge is 2.36. The Morgan fingerprint density at radius 3 is 2.56 bits per heavy atom. The van der Waals surface area contributed by atoms with Crippen LogP contribution in [0.15, 0.2) is 53.5 Å². The molecule has 1 N–H and O–H groups in total.